The topological polar surface area (TPSA) is 40.5 Å². The van der Waals surface area contributed by atoms with Crippen molar-refractivity contribution < 1.29 is 10.2 Å². The van der Waals surface area contributed by atoms with Crippen molar-refractivity contribution in [3.63, 3.8) is 0 Å². The van der Waals surface area contributed by atoms with Crippen LogP contribution in [0.15, 0.2) is 24.3 Å². The highest BCUT2D eigenvalue weighted by Gasteiger charge is 2.06. The number of rotatable bonds is 2. The fourth-order valence-corrected chi connectivity index (χ4v) is 2.59. The molecule has 0 heterocycles. The van der Waals surface area contributed by atoms with E-state index in [9.17, 15) is 10.2 Å². The molecule has 0 saturated carbocycles. The van der Waals surface area contributed by atoms with Gasteiger partial charge in [-0.15, -0.1) is 0 Å². The van der Waals surface area contributed by atoms with Crippen molar-refractivity contribution in [3.05, 3.63) is 57.6 Å². The van der Waals surface area contributed by atoms with Crippen LogP contribution in [0.4, 0.5) is 0 Å². The minimum absolute atomic E-state index is 0.362. The summed E-state index contributed by atoms with van der Waals surface area (Å²) >= 11 is 0. The number of hydrogen-bond acceptors (Lipinski definition) is 2. The molecule has 0 atom stereocenters. The number of phenols is 2. The second-order valence-electron chi connectivity index (χ2n) is 5.79. The van der Waals surface area contributed by atoms with Crippen LogP contribution in [0.2, 0.25) is 0 Å². The largest absolute Gasteiger partial charge is 0.507 e. The molecule has 0 saturated heterocycles. The molecule has 2 aromatic carbocycles. The van der Waals surface area contributed by atoms with E-state index in [0.717, 1.165) is 39.0 Å². The Balaban J connectivity index is 2.46. The van der Waals surface area contributed by atoms with Crippen LogP contribution in [-0.4, -0.2) is 10.2 Å². The van der Waals surface area contributed by atoms with E-state index >= 15 is 0 Å². The summed E-state index contributed by atoms with van der Waals surface area (Å²) in [6.45, 7) is 9.69. The van der Waals surface area contributed by atoms with Gasteiger partial charge >= 0.3 is 0 Å². The summed E-state index contributed by atoms with van der Waals surface area (Å²) in [7, 11) is 0. The van der Waals surface area contributed by atoms with E-state index in [1.807, 2.05) is 52.0 Å². The Labute approximate surface area is 126 Å². The van der Waals surface area contributed by atoms with E-state index in [1.54, 1.807) is 0 Å². The monoisotopic (exact) mass is 282 g/mol. The average molecular weight is 282 g/mol. The molecule has 0 bridgehead atoms. The number of benzene rings is 2. The van der Waals surface area contributed by atoms with Gasteiger partial charge in [-0.3, -0.25) is 0 Å². The number of aromatic hydroxyl groups is 2. The summed E-state index contributed by atoms with van der Waals surface area (Å²) in [6.07, 6.45) is 2.10. The Bertz CT molecular complexity index is 678. The van der Waals surface area contributed by atoms with Crippen molar-refractivity contribution >= 4 is 11.6 Å². The first-order valence-electron chi connectivity index (χ1n) is 7.08. The molecule has 2 heteroatoms. The van der Waals surface area contributed by atoms with E-state index in [4.69, 9.17) is 0 Å². The van der Waals surface area contributed by atoms with Gasteiger partial charge in [0.1, 0.15) is 11.5 Å². The molecule has 0 aliphatic heterocycles. The fourth-order valence-electron chi connectivity index (χ4n) is 2.59. The van der Waals surface area contributed by atoms with Gasteiger partial charge in [0.2, 0.25) is 0 Å². The summed E-state index contributed by atoms with van der Waals surface area (Å²) < 4.78 is 0. The Morgan fingerprint density at radius 3 is 1.57 bits per heavy atom. The highest BCUT2D eigenvalue weighted by atomic mass is 16.3. The standard InChI is InChI=1S/C19H22O2/c1-11(17-9-14(4)19(21)15(5)10-17)6-16-7-12(2)18(20)13(3)8-16/h6-10,20-21H,1-5H3. The molecule has 21 heavy (non-hydrogen) atoms. The van der Waals surface area contributed by atoms with E-state index in [2.05, 4.69) is 13.0 Å². The second kappa shape index (κ2) is 5.65. The van der Waals surface area contributed by atoms with Crippen molar-refractivity contribution in [1.82, 2.24) is 0 Å². The summed E-state index contributed by atoms with van der Waals surface area (Å²) in [4.78, 5) is 0. The molecule has 0 fully saturated rings. The van der Waals surface area contributed by atoms with Gasteiger partial charge in [-0.05, 0) is 97.8 Å². The van der Waals surface area contributed by atoms with E-state index in [0.29, 0.717) is 11.5 Å². The molecule has 2 N–H and O–H groups in total. The van der Waals surface area contributed by atoms with E-state index in [1.165, 1.54) is 0 Å². The lowest BCUT2D eigenvalue weighted by Crippen LogP contribution is -1.88. The SMILES string of the molecule is CC(=Cc1cc(C)c(O)c(C)c1)c1cc(C)c(O)c(C)c1. The molecule has 0 aromatic heterocycles. The van der Waals surface area contributed by atoms with Crippen molar-refractivity contribution in [2.75, 3.05) is 0 Å². The quantitative estimate of drug-likeness (QED) is 0.770. The first-order valence-corrected chi connectivity index (χ1v) is 7.08. The number of hydrogen-bond donors (Lipinski definition) is 2. The first-order chi connectivity index (χ1) is 9.79. The summed E-state index contributed by atoms with van der Waals surface area (Å²) in [5.74, 6) is 0.726. The number of phenolic OH excluding ortho intramolecular Hbond substituents is 2. The van der Waals surface area contributed by atoms with Gasteiger partial charge in [-0.25, -0.2) is 0 Å². The molecule has 0 aliphatic carbocycles. The predicted molar refractivity (Wildman–Crippen MR) is 88.7 cm³/mol. The smallest absolute Gasteiger partial charge is 0.121 e. The minimum Gasteiger partial charge on any atom is -0.507 e. The third kappa shape index (κ3) is 3.10. The molecule has 0 amide bonds. The van der Waals surface area contributed by atoms with Crippen LogP contribution in [0.25, 0.3) is 11.6 Å². The summed E-state index contributed by atoms with van der Waals surface area (Å²) in [6, 6.07) is 7.94. The molecule has 2 rings (SSSR count). The van der Waals surface area contributed by atoms with Crippen LogP contribution >= 0.6 is 0 Å². The Kier molecular flexibility index (Phi) is 4.08. The predicted octanol–water partition coefficient (Wildman–Crippen LogP) is 4.89. The molecule has 0 aliphatic rings. The highest BCUT2D eigenvalue weighted by Crippen LogP contribution is 2.29. The lowest BCUT2D eigenvalue weighted by Gasteiger charge is -2.10. The van der Waals surface area contributed by atoms with Crippen LogP contribution in [0.3, 0.4) is 0 Å². The molecule has 2 nitrogen and oxygen atoms in total. The van der Waals surface area contributed by atoms with E-state index in [-0.39, 0.29) is 0 Å². The van der Waals surface area contributed by atoms with Crippen molar-refractivity contribution in [1.29, 1.82) is 0 Å². The van der Waals surface area contributed by atoms with Gasteiger partial charge in [0, 0.05) is 0 Å². The van der Waals surface area contributed by atoms with E-state index < -0.39 is 0 Å². The van der Waals surface area contributed by atoms with Crippen molar-refractivity contribution in [3.8, 4) is 11.5 Å². The molecule has 110 valence electrons. The molecule has 0 spiro atoms. The van der Waals surface area contributed by atoms with Crippen molar-refractivity contribution in [2.24, 2.45) is 0 Å². The normalized spacial score (nSPS) is 11.8. The second-order valence-corrected chi connectivity index (χ2v) is 5.79. The first kappa shape index (κ1) is 15.2. The van der Waals surface area contributed by atoms with Gasteiger partial charge in [-0.2, -0.15) is 0 Å². The zero-order valence-corrected chi connectivity index (χ0v) is 13.3. The van der Waals surface area contributed by atoms with Crippen LogP contribution in [0.1, 0.15) is 40.3 Å². The van der Waals surface area contributed by atoms with Gasteiger partial charge in [-0.1, -0.05) is 6.08 Å². The van der Waals surface area contributed by atoms with Crippen molar-refractivity contribution in [2.45, 2.75) is 34.6 Å². The lowest BCUT2D eigenvalue weighted by molar-refractivity contribution is 0.466. The van der Waals surface area contributed by atoms with Gasteiger partial charge in [0.25, 0.3) is 0 Å². The maximum Gasteiger partial charge on any atom is 0.121 e. The lowest BCUT2D eigenvalue weighted by atomic mass is 9.98. The number of aryl methyl sites for hydroxylation is 4. The average Bonchev–Trinajstić information content (AvgIpc) is 2.41. The maximum absolute atomic E-state index is 9.86. The summed E-state index contributed by atoms with van der Waals surface area (Å²) in [5.41, 5.74) is 6.84. The molecular weight excluding hydrogens is 260 g/mol. The maximum atomic E-state index is 9.86. The van der Waals surface area contributed by atoms with Crippen LogP contribution in [-0.2, 0) is 0 Å². The molecule has 0 unspecified atom stereocenters. The third-order valence-corrected chi connectivity index (χ3v) is 3.84. The van der Waals surface area contributed by atoms with Gasteiger partial charge < -0.3 is 10.2 Å². The Morgan fingerprint density at radius 1 is 0.762 bits per heavy atom. The molecular formula is C19H22O2. The zero-order valence-electron chi connectivity index (χ0n) is 13.3. The Hall–Kier alpha value is -2.22. The van der Waals surface area contributed by atoms with Gasteiger partial charge in [0.05, 0.1) is 0 Å². The Morgan fingerprint density at radius 2 is 1.14 bits per heavy atom. The molecule has 0 radical (unpaired) electrons. The fraction of sp³-hybridized carbons (Fsp3) is 0.263. The van der Waals surface area contributed by atoms with Crippen LogP contribution < -0.4 is 0 Å². The third-order valence-electron chi connectivity index (χ3n) is 3.84. The number of allylic oxidation sites excluding steroid dienone is 1. The zero-order chi connectivity index (χ0) is 15.7. The molecule has 2 aromatic rings. The summed E-state index contributed by atoms with van der Waals surface area (Å²) in [5, 5.41) is 19.7. The van der Waals surface area contributed by atoms with Gasteiger partial charge in [0.15, 0.2) is 0 Å². The van der Waals surface area contributed by atoms with Crippen LogP contribution in [0.5, 0.6) is 11.5 Å². The highest BCUT2D eigenvalue weighted by molar-refractivity contribution is 5.81. The minimum atomic E-state index is 0.362. The van der Waals surface area contributed by atoms with Crippen LogP contribution in [0, 0.1) is 27.7 Å².